The standard InChI is InChI=1S/C10H17N5O2S/c1-6(2)9(7(3)16)11-8(17)5-18-10-12-13-14-15(10)4/h6,9H,5H2,1-4H3,(H,11,17). The molecular formula is C10H17N5O2S. The fraction of sp³-hybridized carbons (Fsp3) is 0.700. The Balaban J connectivity index is 2.46. The maximum Gasteiger partial charge on any atom is 0.231 e. The average molecular weight is 271 g/mol. The molecule has 1 aromatic rings. The molecule has 8 heteroatoms. The molecule has 0 aliphatic rings. The average Bonchev–Trinajstić information content (AvgIpc) is 2.68. The maximum absolute atomic E-state index is 11.7. The zero-order chi connectivity index (χ0) is 13.7. The second kappa shape index (κ2) is 6.48. The molecular weight excluding hydrogens is 254 g/mol. The molecule has 0 saturated heterocycles. The van der Waals surface area contributed by atoms with Crippen LogP contribution in [0.2, 0.25) is 0 Å². The molecule has 0 aromatic carbocycles. The molecule has 1 atom stereocenters. The summed E-state index contributed by atoms with van der Waals surface area (Å²) in [4.78, 5) is 23.1. The van der Waals surface area contributed by atoms with Gasteiger partial charge in [0.2, 0.25) is 11.1 Å². The summed E-state index contributed by atoms with van der Waals surface area (Å²) in [5.74, 6) is 0.0265. The highest BCUT2D eigenvalue weighted by Gasteiger charge is 2.20. The summed E-state index contributed by atoms with van der Waals surface area (Å²) in [6.45, 7) is 5.27. The van der Waals surface area contributed by atoms with Crippen LogP contribution < -0.4 is 5.32 Å². The van der Waals surface area contributed by atoms with Crippen molar-refractivity contribution in [1.82, 2.24) is 25.5 Å². The lowest BCUT2D eigenvalue weighted by Gasteiger charge is -2.19. The fourth-order valence-electron chi connectivity index (χ4n) is 1.43. The summed E-state index contributed by atoms with van der Waals surface area (Å²) < 4.78 is 1.49. The van der Waals surface area contributed by atoms with Gasteiger partial charge in [0.05, 0.1) is 11.8 Å². The topological polar surface area (TPSA) is 89.8 Å². The van der Waals surface area contributed by atoms with E-state index in [0.717, 1.165) is 0 Å². The van der Waals surface area contributed by atoms with Crippen LogP contribution in [0.3, 0.4) is 0 Å². The number of hydrogen-bond acceptors (Lipinski definition) is 6. The highest BCUT2D eigenvalue weighted by atomic mass is 32.2. The van der Waals surface area contributed by atoms with E-state index in [0.29, 0.717) is 5.16 Å². The Morgan fingerprint density at radius 3 is 2.56 bits per heavy atom. The van der Waals surface area contributed by atoms with E-state index < -0.39 is 6.04 Å². The van der Waals surface area contributed by atoms with Crippen molar-refractivity contribution >= 4 is 23.5 Å². The number of carbonyl (C=O) groups is 2. The van der Waals surface area contributed by atoms with Gasteiger partial charge in [0.1, 0.15) is 0 Å². The van der Waals surface area contributed by atoms with Crippen molar-refractivity contribution in [2.45, 2.75) is 32.0 Å². The quantitative estimate of drug-likeness (QED) is 0.734. The number of nitrogens with zero attached hydrogens (tertiary/aromatic N) is 4. The Morgan fingerprint density at radius 2 is 2.11 bits per heavy atom. The summed E-state index contributed by atoms with van der Waals surface area (Å²) in [6, 6.07) is -0.435. The van der Waals surface area contributed by atoms with Gasteiger partial charge in [-0.05, 0) is 23.3 Å². The number of amides is 1. The van der Waals surface area contributed by atoms with E-state index in [1.807, 2.05) is 13.8 Å². The molecule has 1 rings (SSSR count). The predicted octanol–water partition coefficient (Wildman–Crippen LogP) is 0.0320. The van der Waals surface area contributed by atoms with Crippen molar-refractivity contribution in [3.8, 4) is 0 Å². The van der Waals surface area contributed by atoms with Gasteiger partial charge in [-0.25, -0.2) is 4.68 Å². The fourth-order valence-corrected chi connectivity index (χ4v) is 2.09. The Morgan fingerprint density at radius 1 is 1.44 bits per heavy atom. The molecule has 0 saturated carbocycles. The largest absolute Gasteiger partial charge is 0.345 e. The van der Waals surface area contributed by atoms with Gasteiger partial charge >= 0.3 is 0 Å². The first-order valence-electron chi connectivity index (χ1n) is 5.56. The van der Waals surface area contributed by atoms with E-state index in [1.165, 1.54) is 23.4 Å². The normalized spacial score (nSPS) is 12.5. The summed E-state index contributed by atoms with van der Waals surface area (Å²) in [6.07, 6.45) is 0. The van der Waals surface area contributed by atoms with Gasteiger partial charge in [-0.1, -0.05) is 25.6 Å². The lowest BCUT2D eigenvalue weighted by molar-refractivity contribution is -0.126. The molecule has 1 heterocycles. The zero-order valence-electron chi connectivity index (χ0n) is 10.9. The van der Waals surface area contributed by atoms with Crippen molar-refractivity contribution in [3.63, 3.8) is 0 Å². The van der Waals surface area contributed by atoms with Crippen molar-refractivity contribution in [2.75, 3.05) is 5.75 Å². The van der Waals surface area contributed by atoms with Crippen molar-refractivity contribution in [3.05, 3.63) is 0 Å². The van der Waals surface area contributed by atoms with E-state index >= 15 is 0 Å². The van der Waals surface area contributed by atoms with Gasteiger partial charge < -0.3 is 5.32 Å². The van der Waals surface area contributed by atoms with Crippen molar-refractivity contribution < 1.29 is 9.59 Å². The van der Waals surface area contributed by atoms with Crippen molar-refractivity contribution in [1.29, 1.82) is 0 Å². The minimum atomic E-state index is -0.435. The number of thioether (sulfide) groups is 1. The Labute approximate surface area is 110 Å². The molecule has 0 fully saturated rings. The number of aryl methyl sites for hydroxylation is 1. The first kappa shape index (κ1) is 14.6. The van der Waals surface area contributed by atoms with Crippen LogP contribution >= 0.6 is 11.8 Å². The molecule has 1 amide bonds. The van der Waals surface area contributed by atoms with Crippen LogP contribution in [0.25, 0.3) is 0 Å². The molecule has 0 radical (unpaired) electrons. The van der Waals surface area contributed by atoms with E-state index in [-0.39, 0.29) is 23.4 Å². The number of tetrazole rings is 1. The minimum absolute atomic E-state index is 0.0383. The highest BCUT2D eigenvalue weighted by molar-refractivity contribution is 7.99. The van der Waals surface area contributed by atoms with Crippen LogP contribution in [-0.2, 0) is 16.6 Å². The smallest absolute Gasteiger partial charge is 0.231 e. The third kappa shape index (κ3) is 4.10. The number of Topliss-reactive ketones (excluding diaryl/α,β-unsaturated/α-hetero) is 1. The van der Waals surface area contributed by atoms with Crippen LogP contribution in [0.5, 0.6) is 0 Å². The molecule has 1 N–H and O–H groups in total. The van der Waals surface area contributed by atoms with Gasteiger partial charge in [-0.3, -0.25) is 9.59 Å². The number of nitrogens with one attached hydrogen (secondary N) is 1. The highest BCUT2D eigenvalue weighted by Crippen LogP contribution is 2.12. The summed E-state index contributed by atoms with van der Waals surface area (Å²) in [7, 11) is 1.70. The third-order valence-electron chi connectivity index (χ3n) is 2.33. The first-order chi connectivity index (χ1) is 8.41. The molecule has 7 nitrogen and oxygen atoms in total. The van der Waals surface area contributed by atoms with Gasteiger partial charge in [-0.2, -0.15) is 0 Å². The molecule has 1 aromatic heterocycles. The first-order valence-corrected chi connectivity index (χ1v) is 6.55. The number of aromatic nitrogens is 4. The molecule has 0 aliphatic heterocycles. The van der Waals surface area contributed by atoms with Crippen LogP contribution in [-0.4, -0.2) is 43.7 Å². The second-order valence-electron chi connectivity index (χ2n) is 4.27. The Hall–Kier alpha value is -1.44. The van der Waals surface area contributed by atoms with E-state index in [9.17, 15) is 9.59 Å². The van der Waals surface area contributed by atoms with Crippen molar-refractivity contribution in [2.24, 2.45) is 13.0 Å². The van der Waals surface area contributed by atoms with Crippen LogP contribution in [0.15, 0.2) is 5.16 Å². The lowest BCUT2D eigenvalue weighted by atomic mass is 10.0. The Kier molecular flexibility index (Phi) is 5.26. The van der Waals surface area contributed by atoms with E-state index in [2.05, 4.69) is 20.8 Å². The molecule has 1 unspecified atom stereocenters. The number of hydrogen-bond donors (Lipinski definition) is 1. The van der Waals surface area contributed by atoms with E-state index in [1.54, 1.807) is 7.05 Å². The Bertz CT molecular complexity index is 432. The monoisotopic (exact) mass is 271 g/mol. The number of rotatable bonds is 6. The van der Waals surface area contributed by atoms with E-state index in [4.69, 9.17) is 0 Å². The molecule has 100 valence electrons. The number of carbonyl (C=O) groups excluding carboxylic acids is 2. The zero-order valence-corrected chi connectivity index (χ0v) is 11.7. The molecule has 0 spiro atoms. The van der Waals surface area contributed by atoms with Crippen LogP contribution in [0.1, 0.15) is 20.8 Å². The summed E-state index contributed by atoms with van der Waals surface area (Å²) >= 11 is 1.23. The summed E-state index contributed by atoms with van der Waals surface area (Å²) in [5.41, 5.74) is 0. The summed E-state index contributed by atoms with van der Waals surface area (Å²) in [5, 5.41) is 14.2. The molecule has 0 aliphatic carbocycles. The lowest BCUT2D eigenvalue weighted by Crippen LogP contribution is -2.44. The third-order valence-corrected chi connectivity index (χ3v) is 3.35. The maximum atomic E-state index is 11.7. The second-order valence-corrected chi connectivity index (χ2v) is 5.22. The number of ketones is 1. The van der Waals surface area contributed by atoms with Crippen LogP contribution in [0.4, 0.5) is 0 Å². The minimum Gasteiger partial charge on any atom is -0.345 e. The molecule has 0 bridgehead atoms. The van der Waals surface area contributed by atoms with Gasteiger partial charge in [-0.15, -0.1) is 5.10 Å². The van der Waals surface area contributed by atoms with Gasteiger partial charge in [0, 0.05) is 7.05 Å². The SMILES string of the molecule is CC(=O)C(NC(=O)CSc1nnnn1C)C(C)C. The van der Waals surface area contributed by atoms with Crippen LogP contribution in [0, 0.1) is 5.92 Å². The molecule has 18 heavy (non-hydrogen) atoms. The predicted molar refractivity (Wildman–Crippen MR) is 67.0 cm³/mol. The van der Waals surface area contributed by atoms with Gasteiger partial charge in [0.25, 0.3) is 0 Å². The van der Waals surface area contributed by atoms with Gasteiger partial charge in [0.15, 0.2) is 5.78 Å².